The zero-order chi connectivity index (χ0) is 22.4. The van der Waals surface area contributed by atoms with Crippen molar-refractivity contribution in [1.82, 2.24) is 4.90 Å². The molecule has 0 aliphatic carbocycles. The molecular weight excluding hydrogens is 484 g/mol. The Morgan fingerprint density at radius 3 is 2.14 bits per heavy atom. The van der Waals surface area contributed by atoms with E-state index < -0.39 is 22.0 Å². The standard InChI is InChI=1S/C17H20BrNO4S2.CH3NO2/c1-17(2,3)11-19(16(20)21)10-12-9-14(18)15(24-12)25(22,23)13-7-5-4-6-8-13;2-1(3)4/h4-9H,10-11H2,1-3H3,(H,20,21);2H2,(H,3,4). The number of nitrogens with zero attached hydrogens (tertiary/aromatic N) is 1. The number of carboxylic acid groups (broad SMARTS) is 2. The third kappa shape index (κ3) is 8.03. The summed E-state index contributed by atoms with van der Waals surface area (Å²) in [6, 6.07) is 9.87. The van der Waals surface area contributed by atoms with E-state index in [0.29, 0.717) is 15.9 Å². The quantitative estimate of drug-likeness (QED) is 0.545. The van der Waals surface area contributed by atoms with Crippen LogP contribution in [0.2, 0.25) is 0 Å². The van der Waals surface area contributed by atoms with Crippen LogP contribution in [0.25, 0.3) is 0 Å². The lowest BCUT2D eigenvalue weighted by Gasteiger charge is -2.27. The predicted molar refractivity (Wildman–Crippen MR) is 114 cm³/mol. The molecule has 2 aromatic rings. The summed E-state index contributed by atoms with van der Waals surface area (Å²) in [5.74, 6) is 0. The third-order valence-corrected chi connectivity index (χ3v) is 7.86. The molecule has 8 nitrogen and oxygen atoms in total. The second kappa shape index (κ2) is 10.1. The van der Waals surface area contributed by atoms with E-state index in [-0.39, 0.29) is 21.1 Å². The maximum absolute atomic E-state index is 12.8. The number of amides is 2. The summed E-state index contributed by atoms with van der Waals surface area (Å²) >= 11 is 4.40. The molecule has 1 heterocycles. The Morgan fingerprint density at radius 1 is 1.17 bits per heavy atom. The number of hydrogen-bond donors (Lipinski definition) is 3. The lowest BCUT2D eigenvalue weighted by molar-refractivity contribution is 0.123. The minimum Gasteiger partial charge on any atom is -0.465 e. The van der Waals surface area contributed by atoms with Crippen molar-refractivity contribution in [3.8, 4) is 0 Å². The molecule has 2 amide bonds. The largest absolute Gasteiger partial charge is 0.465 e. The van der Waals surface area contributed by atoms with Crippen molar-refractivity contribution in [3.05, 3.63) is 45.7 Å². The fourth-order valence-electron chi connectivity index (χ4n) is 2.32. The molecule has 0 aliphatic rings. The van der Waals surface area contributed by atoms with Crippen LogP contribution in [0.5, 0.6) is 0 Å². The molecule has 0 fully saturated rings. The molecule has 2 rings (SSSR count). The SMILES string of the molecule is CC(C)(C)CN(Cc1cc(Br)c(S(=O)(=O)c2ccccc2)s1)C(=O)O.NC(=O)O. The summed E-state index contributed by atoms with van der Waals surface area (Å²) in [5.41, 5.74) is 3.84. The number of rotatable bonds is 5. The van der Waals surface area contributed by atoms with Crippen LogP contribution in [0.3, 0.4) is 0 Å². The lowest BCUT2D eigenvalue weighted by atomic mass is 9.96. The van der Waals surface area contributed by atoms with E-state index in [1.165, 1.54) is 4.90 Å². The molecule has 0 bridgehead atoms. The second-order valence-electron chi connectivity index (χ2n) is 7.20. The van der Waals surface area contributed by atoms with Crippen LogP contribution in [0.15, 0.2) is 50.0 Å². The smallest absolute Gasteiger partial charge is 0.407 e. The maximum Gasteiger partial charge on any atom is 0.407 e. The summed E-state index contributed by atoms with van der Waals surface area (Å²) in [5, 5.41) is 16.6. The first kappa shape index (κ1) is 24.9. The molecule has 1 aromatic heterocycles. The van der Waals surface area contributed by atoms with E-state index in [2.05, 4.69) is 21.7 Å². The molecule has 11 heteroatoms. The average Bonchev–Trinajstić information content (AvgIpc) is 2.94. The molecule has 0 saturated carbocycles. The van der Waals surface area contributed by atoms with Crippen molar-refractivity contribution in [2.24, 2.45) is 11.1 Å². The van der Waals surface area contributed by atoms with Crippen molar-refractivity contribution < 1.29 is 28.2 Å². The Balaban J connectivity index is 0.000000960. The number of nitrogens with two attached hydrogens (primary N) is 1. The van der Waals surface area contributed by atoms with Crippen LogP contribution >= 0.6 is 27.3 Å². The van der Waals surface area contributed by atoms with Crippen molar-refractivity contribution >= 4 is 49.3 Å². The van der Waals surface area contributed by atoms with E-state index in [0.717, 1.165) is 11.3 Å². The number of hydrogen-bond acceptors (Lipinski definition) is 5. The van der Waals surface area contributed by atoms with Gasteiger partial charge in [0.15, 0.2) is 0 Å². The summed E-state index contributed by atoms with van der Waals surface area (Å²) < 4.78 is 26.2. The van der Waals surface area contributed by atoms with E-state index in [9.17, 15) is 18.3 Å². The number of carbonyl (C=O) groups is 2. The van der Waals surface area contributed by atoms with Crippen LogP contribution in [0, 0.1) is 5.41 Å². The van der Waals surface area contributed by atoms with Gasteiger partial charge in [0, 0.05) is 15.9 Å². The van der Waals surface area contributed by atoms with E-state index >= 15 is 0 Å². The number of benzene rings is 1. The Labute approximate surface area is 182 Å². The van der Waals surface area contributed by atoms with Crippen LogP contribution in [0.1, 0.15) is 25.6 Å². The van der Waals surface area contributed by atoms with Gasteiger partial charge in [0.25, 0.3) is 0 Å². The molecular formula is C18H23BrN2O6S2. The van der Waals surface area contributed by atoms with Crippen molar-refractivity contribution in [2.75, 3.05) is 6.54 Å². The zero-order valence-corrected chi connectivity index (χ0v) is 19.3. The first-order valence-corrected chi connectivity index (χ1v) is 11.4. The molecule has 1 aromatic carbocycles. The summed E-state index contributed by atoms with van der Waals surface area (Å²) in [6.07, 6.45) is -2.35. The van der Waals surface area contributed by atoms with E-state index in [1.54, 1.807) is 36.4 Å². The molecule has 0 saturated heterocycles. The first-order valence-electron chi connectivity index (χ1n) is 8.28. The topological polar surface area (TPSA) is 138 Å². The maximum atomic E-state index is 12.8. The van der Waals surface area contributed by atoms with Gasteiger partial charge in [-0.25, -0.2) is 18.0 Å². The number of sulfone groups is 1. The van der Waals surface area contributed by atoms with Gasteiger partial charge < -0.3 is 20.8 Å². The summed E-state index contributed by atoms with van der Waals surface area (Å²) in [6.45, 7) is 6.38. The van der Waals surface area contributed by atoms with Crippen molar-refractivity contribution in [1.29, 1.82) is 0 Å². The highest BCUT2D eigenvalue weighted by Gasteiger charge is 2.26. The minimum absolute atomic E-state index is 0.153. The molecule has 0 aliphatic heterocycles. The van der Waals surface area contributed by atoms with Crippen molar-refractivity contribution in [2.45, 2.75) is 36.4 Å². The van der Waals surface area contributed by atoms with E-state index in [4.69, 9.17) is 9.90 Å². The Bertz CT molecular complexity index is 948. The molecule has 4 N–H and O–H groups in total. The monoisotopic (exact) mass is 506 g/mol. The number of halogens is 1. The van der Waals surface area contributed by atoms with Crippen LogP contribution in [-0.2, 0) is 16.4 Å². The third-order valence-electron chi connectivity index (χ3n) is 3.29. The van der Waals surface area contributed by atoms with Gasteiger partial charge in [0.1, 0.15) is 4.21 Å². The predicted octanol–water partition coefficient (Wildman–Crippen LogP) is 4.49. The highest BCUT2D eigenvalue weighted by Crippen LogP contribution is 2.36. The molecule has 0 atom stereocenters. The second-order valence-corrected chi connectivity index (χ2v) is 11.3. The summed E-state index contributed by atoms with van der Waals surface area (Å²) in [4.78, 5) is 22.5. The van der Waals surface area contributed by atoms with Gasteiger partial charge in [-0.1, -0.05) is 39.0 Å². The van der Waals surface area contributed by atoms with Crippen molar-refractivity contribution in [3.63, 3.8) is 0 Å². The molecule has 0 radical (unpaired) electrons. The highest BCUT2D eigenvalue weighted by atomic mass is 79.9. The Morgan fingerprint density at radius 2 is 1.69 bits per heavy atom. The fraction of sp³-hybridized carbons (Fsp3) is 0.333. The fourth-order valence-corrected chi connectivity index (χ4v) is 6.51. The Hall–Kier alpha value is -2.11. The van der Waals surface area contributed by atoms with Gasteiger partial charge in [0.2, 0.25) is 9.84 Å². The molecule has 0 spiro atoms. The minimum atomic E-state index is -3.63. The Kier molecular flexibility index (Phi) is 8.66. The normalized spacial score (nSPS) is 11.3. The zero-order valence-electron chi connectivity index (χ0n) is 16.1. The van der Waals surface area contributed by atoms with Gasteiger partial charge in [-0.2, -0.15) is 0 Å². The van der Waals surface area contributed by atoms with Gasteiger partial charge in [0.05, 0.1) is 11.4 Å². The summed E-state index contributed by atoms with van der Waals surface area (Å²) in [7, 11) is -3.63. The van der Waals surface area contributed by atoms with Gasteiger partial charge in [-0.05, 0) is 39.5 Å². The van der Waals surface area contributed by atoms with Crippen LogP contribution in [0.4, 0.5) is 9.59 Å². The number of thiophene rings is 1. The van der Waals surface area contributed by atoms with Crippen LogP contribution in [-0.4, -0.2) is 42.3 Å². The molecule has 0 unspecified atom stereocenters. The average molecular weight is 507 g/mol. The highest BCUT2D eigenvalue weighted by molar-refractivity contribution is 9.10. The van der Waals surface area contributed by atoms with Gasteiger partial charge >= 0.3 is 12.2 Å². The molecule has 29 heavy (non-hydrogen) atoms. The number of primary amides is 1. The van der Waals surface area contributed by atoms with Crippen LogP contribution < -0.4 is 5.73 Å². The first-order chi connectivity index (χ1) is 13.2. The lowest BCUT2D eigenvalue weighted by Crippen LogP contribution is -2.36. The van der Waals surface area contributed by atoms with Gasteiger partial charge in [-0.15, -0.1) is 11.3 Å². The molecule has 160 valence electrons. The van der Waals surface area contributed by atoms with E-state index in [1.807, 2.05) is 20.8 Å². The van der Waals surface area contributed by atoms with Gasteiger partial charge in [-0.3, -0.25) is 0 Å².